The van der Waals surface area contributed by atoms with Gasteiger partial charge in [-0.3, -0.25) is 4.79 Å². The third kappa shape index (κ3) is 6.73. The van der Waals surface area contributed by atoms with Crippen molar-refractivity contribution < 1.29 is 13.2 Å². The maximum absolute atomic E-state index is 12.3. The van der Waals surface area contributed by atoms with E-state index >= 15 is 0 Å². The SMILES string of the molecule is CC(=O)Nc1ccc(S(=O)(=O)NCCNc2ccc(Nc3ccc(C)cn3)nn2)cc1. The summed E-state index contributed by atoms with van der Waals surface area (Å²) in [5, 5.41) is 16.8. The zero-order valence-corrected chi connectivity index (χ0v) is 17.9. The van der Waals surface area contributed by atoms with Gasteiger partial charge in [-0.15, -0.1) is 10.2 Å². The molecule has 0 aliphatic heterocycles. The molecule has 0 fully saturated rings. The summed E-state index contributed by atoms with van der Waals surface area (Å²) in [6, 6.07) is 13.2. The van der Waals surface area contributed by atoms with E-state index in [0.29, 0.717) is 29.7 Å². The molecule has 162 valence electrons. The zero-order chi connectivity index (χ0) is 22.3. The van der Waals surface area contributed by atoms with Crippen LogP contribution in [0.1, 0.15) is 12.5 Å². The largest absolute Gasteiger partial charge is 0.367 e. The molecule has 0 aliphatic rings. The van der Waals surface area contributed by atoms with E-state index in [0.717, 1.165) is 5.56 Å². The second-order valence-corrected chi connectivity index (χ2v) is 8.45. The van der Waals surface area contributed by atoms with Crippen molar-refractivity contribution in [1.29, 1.82) is 0 Å². The first kappa shape index (κ1) is 22.1. The smallest absolute Gasteiger partial charge is 0.240 e. The fourth-order valence-electron chi connectivity index (χ4n) is 2.55. The van der Waals surface area contributed by atoms with Crippen molar-refractivity contribution in [2.24, 2.45) is 0 Å². The zero-order valence-electron chi connectivity index (χ0n) is 17.1. The lowest BCUT2D eigenvalue weighted by Gasteiger charge is -2.09. The number of anilines is 4. The monoisotopic (exact) mass is 441 g/mol. The number of benzene rings is 1. The molecule has 11 heteroatoms. The van der Waals surface area contributed by atoms with Crippen LogP contribution in [0, 0.1) is 6.92 Å². The Labute approximate surface area is 180 Å². The van der Waals surface area contributed by atoms with Crippen LogP contribution >= 0.6 is 0 Å². The number of hydrogen-bond acceptors (Lipinski definition) is 8. The average molecular weight is 442 g/mol. The number of nitrogens with one attached hydrogen (secondary N) is 4. The minimum absolute atomic E-state index is 0.113. The number of aryl methyl sites for hydroxylation is 1. The predicted molar refractivity (Wildman–Crippen MR) is 119 cm³/mol. The number of carbonyl (C=O) groups excluding carboxylic acids is 1. The molecular formula is C20H23N7O3S. The van der Waals surface area contributed by atoms with Crippen LogP contribution in [0.3, 0.4) is 0 Å². The summed E-state index contributed by atoms with van der Waals surface area (Å²) in [7, 11) is -3.66. The van der Waals surface area contributed by atoms with Crippen LogP contribution in [0.4, 0.5) is 23.1 Å². The van der Waals surface area contributed by atoms with Gasteiger partial charge in [0.2, 0.25) is 15.9 Å². The Balaban J connectivity index is 1.46. The molecule has 31 heavy (non-hydrogen) atoms. The molecule has 0 saturated heterocycles. The van der Waals surface area contributed by atoms with Crippen molar-refractivity contribution in [2.75, 3.05) is 29.0 Å². The molecule has 0 unspecified atom stereocenters. The minimum atomic E-state index is -3.66. The van der Waals surface area contributed by atoms with Gasteiger partial charge in [0.1, 0.15) is 11.6 Å². The van der Waals surface area contributed by atoms with Gasteiger partial charge in [-0.25, -0.2) is 18.1 Å². The highest BCUT2D eigenvalue weighted by molar-refractivity contribution is 7.89. The van der Waals surface area contributed by atoms with E-state index in [2.05, 4.69) is 35.9 Å². The van der Waals surface area contributed by atoms with Crippen molar-refractivity contribution in [3.05, 3.63) is 60.3 Å². The summed E-state index contributed by atoms with van der Waals surface area (Å²) in [5.74, 6) is 1.50. The molecule has 0 radical (unpaired) electrons. The Morgan fingerprint density at radius 2 is 1.58 bits per heavy atom. The van der Waals surface area contributed by atoms with Crippen LogP contribution < -0.4 is 20.7 Å². The number of rotatable bonds is 9. The van der Waals surface area contributed by atoms with Crippen molar-refractivity contribution in [3.63, 3.8) is 0 Å². The third-order valence-electron chi connectivity index (χ3n) is 4.04. The third-order valence-corrected chi connectivity index (χ3v) is 5.52. The molecule has 0 spiro atoms. The predicted octanol–water partition coefficient (Wildman–Crippen LogP) is 2.27. The summed E-state index contributed by atoms with van der Waals surface area (Å²) in [4.78, 5) is 15.4. The molecule has 4 N–H and O–H groups in total. The van der Waals surface area contributed by atoms with E-state index < -0.39 is 10.0 Å². The fourth-order valence-corrected chi connectivity index (χ4v) is 3.58. The van der Waals surface area contributed by atoms with E-state index in [1.165, 1.54) is 31.2 Å². The van der Waals surface area contributed by atoms with E-state index in [4.69, 9.17) is 0 Å². The van der Waals surface area contributed by atoms with Crippen LogP contribution in [0.2, 0.25) is 0 Å². The van der Waals surface area contributed by atoms with Gasteiger partial charge >= 0.3 is 0 Å². The highest BCUT2D eigenvalue weighted by atomic mass is 32.2. The van der Waals surface area contributed by atoms with E-state index in [1.807, 2.05) is 19.1 Å². The van der Waals surface area contributed by atoms with E-state index in [9.17, 15) is 13.2 Å². The molecule has 2 heterocycles. The molecule has 0 bridgehead atoms. The van der Waals surface area contributed by atoms with Gasteiger partial charge in [0.05, 0.1) is 4.90 Å². The molecule has 0 aliphatic carbocycles. The summed E-state index contributed by atoms with van der Waals surface area (Å²) in [5.41, 5.74) is 1.59. The summed E-state index contributed by atoms with van der Waals surface area (Å²) < 4.78 is 27.2. The number of sulfonamides is 1. The molecule has 3 rings (SSSR count). The Morgan fingerprint density at radius 1 is 0.903 bits per heavy atom. The number of pyridine rings is 1. The summed E-state index contributed by atoms with van der Waals surface area (Å²) in [6.07, 6.45) is 1.75. The van der Waals surface area contributed by atoms with E-state index in [-0.39, 0.29) is 17.3 Å². The quantitative estimate of drug-likeness (QED) is 0.371. The lowest BCUT2D eigenvalue weighted by atomic mass is 10.3. The van der Waals surface area contributed by atoms with Crippen LogP contribution in [-0.4, -0.2) is 42.6 Å². The highest BCUT2D eigenvalue weighted by Gasteiger charge is 2.13. The van der Waals surface area contributed by atoms with Gasteiger partial charge in [-0.05, 0) is 55.0 Å². The van der Waals surface area contributed by atoms with Crippen LogP contribution in [0.25, 0.3) is 0 Å². The molecule has 2 aromatic heterocycles. The molecule has 1 aromatic carbocycles. The summed E-state index contributed by atoms with van der Waals surface area (Å²) in [6.45, 7) is 3.82. The van der Waals surface area contributed by atoms with E-state index in [1.54, 1.807) is 18.3 Å². The highest BCUT2D eigenvalue weighted by Crippen LogP contribution is 2.14. The number of hydrogen-bond donors (Lipinski definition) is 4. The van der Waals surface area contributed by atoms with Crippen LogP contribution in [0.15, 0.2) is 59.6 Å². The summed E-state index contributed by atoms with van der Waals surface area (Å²) >= 11 is 0. The molecule has 0 saturated carbocycles. The van der Waals surface area contributed by atoms with Crippen molar-refractivity contribution >= 4 is 39.1 Å². The van der Waals surface area contributed by atoms with Crippen molar-refractivity contribution in [2.45, 2.75) is 18.7 Å². The lowest BCUT2D eigenvalue weighted by Crippen LogP contribution is -2.29. The Kier molecular flexibility index (Phi) is 7.11. The first-order chi connectivity index (χ1) is 14.8. The molecule has 3 aromatic rings. The lowest BCUT2D eigenvalue weighted by molar-refractivity contribution is -0.114. The minimum Gasteiger partial charge on any atom is -0.367 e. The average Bonchev–Trinajstić information content (AvgIpc) is 2.74. The number of nitrogens with zero attached hydrogens (tertiary/aromatic N) is 3. The number of carbonyl (C=O) groups is 1. The van der Waals surface area contributed by atoms with Crippen molar-refractivity contribution in [1.82, 2.24) is 19.9 Å². The van der Waals surface area contributed by atoms with Gasteiger partial charge in [0.15, 0.2) is 5.82 Å². The number of aromatic nitrogens is 3. The second-order valence-electron chi connectivity index (χ2n) is 6.68. The van der Waals surface area contributed by atoms with Crippen LogP contribution in [-0.2, 0) is 14.8 Å². The standard InChI is InChI=1S/C20H23N7O3S/c1-14-3-8-18(22-13-14)25-20-10-9-19(26-27-20)21-11-12-23-31(29,30)17-6-4-16(5-7-17)24-15(2)28/h3-10,13,23H,11-12H2,1-2H3,(H,21,26)(H,24,28)(H,22,25,27). The molecule has 1 amide bonds. The van der Waals surface area contributed by atoms with Gasteiger partial charge in [0.25, 0.3) is 0 Å². The van der Waals surface area contributed by atoms with Gasteiger partial charge in [-0.2, -0.15) is 0 Å². The van der Waals surface area contributed by atoms with Gasteiger partial charge in [-0.1, -0.05) is 6.07 Å². The Hall–Kier alpha value is -3.57. The molecule has 0 atom stereocenters. The maximum atomic E-state index is 12.3. The van der Waals surface area contributed by atoms with Crippen molar-refractivity contribution in [3.8, 4) is 0 Å². The first-order valence-electron chi connectivity index (χ1n) is 9.46. The topological polar surface area (TPSA) is 138 Å². The number of amides is 1. The van der Waals surface area contributed by atoms with Gasteiger partial charge in [0, 0.05) is 31.9 Å². The maximum Gasteiger partial charge on any atom is 0.240 e. The molecule has 10 nitrogen and oxygen atoms in total. The van der Waals surface area contributed by atoms with Gasteiger partial charge < -0.3 is 16.0 Å². The second kappa shape index (κ2) is 9.96. The molecular weight excluding hydrogens is 418 g/mol. The van der Waals surface area contributed by atoms with Crippen LogP contribution in [0.5, 0.6) is 0 Å². The fraction of sp³-hybridized carbons (Fsp3) is 0.200. The Bertz CT molecular complexity index is 1120. The first-order valence-corrected chi connectivity index (χ1v) is 10.9. The normalized spacial score (nSPS) is 11.0. The Morgan fingerprint density at radius 3 is 2.19 bits per heavy atom.